The lowest BCUT2D eigenvalue weighted by atomic mass is 9.95. The normalized spacial score (nSPS) is 15.2. The van der Waals surface area contributed by atoms with Gasteiger partial charge in [0.05, 0.1) is 33.1 Å². The maximum Gasteiger partial charge on any atom is 0.242 e. The number of hydrogen-bond acceptors (Lipinski definition) is 9. The van der Waals surface area contributed by atoms with E-state index in [9.17, 15) is 14.4 Å². The topological polar surface area (TPSA) is 133 Å². The number of methoxy groups -OCH3 is 3. The van der Waals surface area contributed by atoms with Gasteiger partial charge in [0.2, 0.25) is 29.8 Å². The summed E-state index contributed by atoms with van der Waals surface area (Å²) in [5, 5.41) is 8.95. The standard InChI is InChI=1S/C32H35N3O8/c1-17(32(38)33-15-19-6-11-26-27(12-19)43-16-42-26)34-24-10-8-21-22(14-25(24)37)23(35-18(2)36)9-7-20-13-28(39-3)30(40-4)31(41-5)29(20)21/h6,8,10-14,17,23H,7,9,15-16H2,1-5H3,(H,33,38)(H,34,37)(H,35,36). The fraction of sp³-hybridized carbons (Fsp3) is 0.344. The minimum absolute atomic E-state index is 0.174. The van der Waals surface area contributed by atoms with E-state index in [0.29, 0.717) is 52.7 Å². The maximum atomic E-state index is 13.6. The van der Waals surface area contributed by atoms with Crippen molar-refractivity contribution >= 4 is 17.5 Å². The summed E-state index contributed by atoms with van der Waals surface area (Å²) in [6.07, 6.45) is 1.14. The third kappa shape index (κ3) is 6.01. The molecule has 5 rings (SSSR count). The summed E-state index contributed by atoms with van der Waals surface area (Å²) < 4.78 is 27.8. The number of carbonyl (C=O) groups excluding carboxylic acids is 2. The molecule has 0 saturated carbocycles. The van der Waals surface area contributed by atoms with Crippen molar-refractivity contribution in [3.63, 3.8) is 0 Å². The Morgan fingerprint density at radius 2 is 1.74 bits per heavy atom. The van der Waals surface area contributed by atoms with Crippen molar-refractivity contribution in [1.29, 1.82) is 0 Å². The van der Waals surface area contributed by atoms with E-state index in [1.165, 1.54) is 20.1 Å². The minimum Gasteiger partial charge on any atom is -0.493 e. The van der Waals surface area contributed by atoms with Gasteiger partial charge in [0.15, 0.2) is 23.0 Å². The number of fused-ring (bicyclic) bond motifs is 4. The Labute approximate surface area is 249 Å². The number of amides is 2. The van der Waals surface area contributed by atoms with E-state index in [-0.39, 0.29) is 36.3 Å². The lowest BCUT2D eigenvalue weighted by molar-refractivity contribution is -0.122. The molecule has 0 spiro atoms. The summed E-state index contributed by atoms with van der Waals surface area (Å²) in [7, 11) is 4.64. The van der Waals surface area contributed by atoms with Crippen molar-refractivity contribution in [2.75, 3.05) is 33.4 Å². The lowest BCUT2D eigenvalue weighted by Crippen LogP contribution is -2.38. The molecule has 0 radical (unpaired) electrons. The third-order valence-corrected chi connectivity index (χ3v) is 7.59. The number of nitrogens with one attached hydrogen (secondary N) is 3. The van der Waals surface area contributed by atoms with Gasteiger partial charge in [-0.1, -0.05) is 12.1 Å². The first-order valence-electron chi connectivity index (χ1n) is 13.9. The van der Waals surface area contributed by atoms with Crippen molar-refractivity contribution in [3.8, 4) is 39.9 Å². The second-order valence-electron chi connectivity index (χ2n) is 10.4. The summed E-state index contributed by atoms with van der Waals surface area (Å²) in [5.74, 6) is 2.21. The zero-order valence-electron chi connectivity index (χ0n) is 24.8. The molecule has 3 aromatic carbocycles. The van der Waals surface area contributed by atoms with Gasteiger partial charge in [0.25, 0.3) is 0 Å². The minimum atomic E-state index is -0.721. The van der Waals surface area contributed by atoms with Gasteiger partial charge in [0, 0.05) is 19.0 Å². The van der Waals surface area contributed by atoms with Crippen LogP contribution in [-0.4, -0.2) is 46.0 Å². The van der Waals surface area contributed by atoms with E-state index in [0.717, 1.165) is 16.7 Å². The Hall–Kier alpha value is -4.93. The highest BCUT2D eigenvalue weighted by atomic mass is 16.7. The molecule has 1 aliphatic carbocycles. The van der Waals surface area contributed by atoms with Crippen LogP contribution in [0.25, 0.3) is 11.1 Å². The Balaban J connectivity index is 1.47. The quantitative estimate of drug-likeness (QED) is 0.342. The predicted octanol–water partition coefficient (Wildman–Crippen LogP) is 3.71. The van der Waals surface area contributed by atoms with Crippen molar-refractivity contribution in [2.24, 2.45) is 0 Å². The molecule has 2 atom stereocenters. The van der Waals surface area contributed by atoms with Crippen molar-refractivity contribution < 1.29 is 33.3 Å². The second kappa shape index (κ2) is 12.5. The predicted molar refractivity (Wildman–Crippen MR) is 160 cm³/mol. The van der Waals surface area contributed by atoms with Gasteiger partial charge in [-0.05, 0) is 72.4 Å². The molecule has 0 bridgehead atoms. The van der Waals surface area contributed by atoms with Crippen molar-refractivity contribution in [2.45, 2.75) is 45.3 Å². The third-order valence-electron chi connectivity index (χ3n) is 7.59. The highest BCUT2D eigenvalue weighted by Gasteiger charge is 2.29. The number of aryl methyl sites for hydroxylation is 1. The number of benzene rings is 2. The Bertz CT molecular complexity index is 1620. The summed E-state index contributed by atoms with van der Waals surface area (Å²) in [6, 6.07) is 11.2. The Morgan fingerprint density at radius 1 is 0.977 bits per heavy atom. The molecular formula is C32H35N3O8. The van der Waals surface area contributed by atoms with E-state index in [1.54, 1.807) is 33.3 Å². The van der Waals surface area contributed by atoms with E-state index in [1.807, 2.05) is 24.3 Å². The largest absolute Gasteiger partial charge is 0.493 e. The van der Waals surface area contributed by atoms with Crippen LogP contribution in [0.3, 0.4) is 0 Å². The number of hydrogen-bond donors (Lipinski definition) is 3. The SMILES string of the molecule is COc1cc2c(c(OC)c1OC)-c1ccc(NC(C)C(=O)NCc3ccc4c(c3)OCO4)c(=O)cc1C(NC(C)=O)CC2. The Morgan fingerprint density at radius 3 is 2.47 bits per heavy atom. The summed E-state index contributed by atoms with van der Waals surface area (Å²) >= 11 is 0. The summed E-state index contributed by atoms with van der Waals surface area (Å²) in [4.78, 5) is 38.7. The number of carbonyl (C=O) groups is 2. The van der Waals surface area contributed by atoms with Crippen LogP contribution in [0.5, 0.6) is 28.7 Å². The average molecular weight is 590 g/mol. The van der Waals surface area contributed by atoms with Crippen LogP contribution in [0.1, 0.15) is 43.0 Å². The lowest BCUT2D eigenvalue weighted by Gasteiger charge is -2.19. The average Bonchev–Trinajstić information content (AvgIpc) is 3.35. The Kier molecular flexibility index (Phi) is 8.61. The second-order valence-corrected chi connectivity index (χ2v) is 10.4. The molecular weight excluding hydrogens is 554 g/mol. The molecule has 1 aliphatic heterocycles. The van der Waals surface area contributed by atoms with E-state index in [2.05, 4.69) is 16.0 Å². The van der Waals surface area contributed by atoms with Crippen molar-refractivity contribution in [1.82, 2.24) is 10.6 Å². The van der Waals surface area contributed by atoms with E-state index < -0.39 is 12.1 Å². The number of ether oxygens (including phenoxy) is 5. The van der Waals surface area contributed by atoms with Gasteiger partial charge in [-0.3, -0.25) is 14.4 Å². The molecule has 43 heavy (non-hydrogen) atoms. The first kappa shape index (κ1) is 29.6. The van der Waals surface area contributed by atoms with Gasteiger partial charge < -0.3 is 39.6 Å². The van der Waals surface area contributed by atoms with E-state index >= 15 is 0 Å². The van der Waals surface area contributed by atoms with Crippen LogP contribution in [-0.2, 0) is 22.6 Å². The van der Waals surface area contributed by atoms with Gasteiger partial charge >= 0.3 is 0 Å². The molecule has 3 N–H and O–H groups in total. The van der Waals surface area contributed by atoms with Crippen LogP contribution in [0.15, 0.2) is 47.3 Å². The first-order valence-corrected chi connectivity index (χ1v) is 13.9. The molecule has 11 nitrogen and oxygen atoms in total. The molecule has 0 fully saturated rings. The van der Waals surface area contributed by atoms with Gasteiger partial charge in [-0.15, -0.1) is 0 Å². The van der Waals surface area contributed by atoms with Gasteiger partial charge in [0.1, 0.15) is 6.04 Å². The molecule has 2 aliphatic rings. The fourth-order valence-electron chi connectivity index (χ4n) is 5.52. The van der Waals surface area contributed by atoms with Crippen LogP contribution >= 0.6 is 0 Å². The number of anilines is 1. The summed E-state index contributed by atoms with van der Waals surface area (Å²) in [6.45, 7) is 3.58. The van der Waals surface area contributed by atoms with E-state index in [4.69, 9.17) is 23.7 Å². The molecule has 3 aromatic rings. The molecule has 2 amide bonds. The molecule has 0 aromatic heterocycles. The highest BCUT2D eigenvalue weighted by Crippen LogP contribution is 2.50. The smallest absolute Gasteiger partial charge is 0.242 e. The maximum absolute atomic E-state index is 13.6. The monoisotopic (exact) mass is 589 g/mol. The molecule has 2 unspecified atom stereocenters. The first-order chi connectivity index (χ1) is 20.7. The van der Waals surface area contributed by atoms with Crippen LogP contribution in [0.4, 0.5) is 5.69 Å². The van der Waals surface area contributed by atoms with Crippen LogP contribution in [0, 0.1) is 0 Å². The van der Waals surface area contributed by atoms with Crippen LogP contribution < -0.4 is 45.1 Å². The fourth-order valence-corrected chi connectivity index (χ4v) is 5.52. The zero-order valence-corrected chi connectivity index (χ0v) is 24.8. The molecule has 11 heteroatoms. The zero-order chi connectivity index (χ0) is 30.7. The molecule has 1 heterocycles. The highest BCUT2D eigenvalue weighted by molar-refractivity contribution is 5.85. The molecule has 226 valence electrons. The van der Waals surface area contributed by atoms with Crippen molar-refractivity contribution in [3.05, 3.63) is 69.4 Å². The summed E-state index contributed by atoms with van der Waals surface area (Å²) in [5.41, 5.74) is 3.78. The van der Waals surface area contributed by atoms with Gasteiger partial charge in [-0.2, -0.15) is 0 Å². The molecule has 0 saturated heterocycles. The van der Waals surface area contributed by atoms with Gasteiger partial charge in [-0.25, -0.2) is 0 Å². The van der Waals surface area contributed by atoms with Crippen LogP contribution in [0.2, 0.25) is 0 Å². The number of rotatable bonds is 9.